The molecule has 120 valence electrons. The fourth-order valence-corrected chi connectivity index (χ4v) is 2.54. The molecule has 0 saturated carbocycles. The molecule has 0 spiro atoms. The number of rotatable bonds is 7. The van der Waals surface area contributed by atoms with Crippen molar-refractivity contribution < 1.29 is 9.47 Å². The van der Waals surface area contributed by atoms with Gasteiger partial charge in [-0.2, -0.15) is 0 Å². The first-order valence-electron chi connectivity index (χ1n) is 7.53. The van der Waals surface area contributed by atoms with Crippen molar-refractivity contribution in [1.82, 2.24) is 15.0 Å². The summed E-state index contributed by atoms with van der Waals surface area (Å²) >= 11 is 0. The summed E-state index contributed by atoms with van der Waals surface area (Å²) in [6.45, 7) is 0.842. The maximum atomic E-state index is 5.44. The van der Waals surface area contributed by atoms with E-state index in [1.54, 1.807) is 32.8 Å². The Morgan fingerprint density at radius 3 is 2.78 bits per heavy atom. The Morgan fingerprint density at radius 1 is 1.13 bits per heavy atom. The van der Waals surface area contributed by atoms with Gasteiger partial charge in [-0.25, -0.2) is 4.98 Å². The van der Waals surface area contributed by atoms with Crippen LogP contribution in [0.4, 0.5) is 5.82 Å². The molecule has 0 bridgehead atoms. The zero-order valence-corrected chi connectivity index (χ0v) is 13.3. The van der Waals surface area contributed by atoms with E-state index in [4.69, 9.17) is 9.47 Å². The number of benzene rings is 1. The molecule has 23 heavy (non-hydrogen) atoms. The normalized spacial score (nSPS) is 10.7. The Hall–Kier alpha value is -2.76. The molecule has 0 unspecified atom stereocenters. The molecule has 6 heteroatoms. The molecular formula is C17H20N4O2. The summed E-state index contributed by atoms with van der Waals surface area (Å²) in [4.78, 5) is 11.6. The molecule has 3 rings (SSSR count). The Labute approximate surface area is 134 Å². The first-order valence-corrected chi connectivity index (χ1v) is 7.53. The summed E-state index contributed by atoms with van der Waals surface area (Å²) in [5.41, 5.74) is 2.20. The van der Waals surface area contributed by atoms with E-state index < -0.39 is 0 Å². The number of aromatic nitrogens is 3. The molecule has 3 aromatic rings. The van der Waals surface area contributed by atoms with Gasteiger partial charge >= 0.3 is 0 Å². The lowest BCUT2D eigenvalue weighted by molar-refractivity contribution is 0.398. The summed E-state index contributed by atoms with van der Waals surface area (Å²) in [6, 6.07) is 6.02. The number of nitrogens with one attached hydrogen (secondary N) is 2. The Balaban J connectivity index is 1.64. The number of anilines is 1. The van der Waals surface area contributed by atoms with Crippen molar-refractivity contribution in [2.45, 2.75) is 12.8 Å². The van der Waals surface area contributed by atoms with Crippen LogP contribution in [-0.4, -0.2) is 35.7 Å². The largest absolute Gasteiger partial charge is 0.497 e. The molecule has 0 amide bonds. The monoisotopic (exact) mass is 312 g/mol. The first-order chi connectivity index (χ1) is 11.3. The number of aromatic amines is 1. The summed E-state index contributed by atoms with van der Waals surface area (Å²) in [5.74, 6) is 2.40. The fraction of sp³-hybridized carbons (Fsp3) is 0.294. The quantitative estimate of drug-likeness (QED) is 0.656. The van der Waals surface area contributed by atoms with Gasteiger partial charge in [0.05, 0.1) is 25.9 Å². The van der Waals surface area contributed by atoms with Crippen LogP contribution in [0.15, 0.2) is 36.8 Å². The number of nitrogens with zero attached hydrogens (tertiary/aromatic N) is 2. The average molecular weight is 312 g/mol. The minimum atomic E-state index is 0.784. The number of H-pyrrole nitrogens is 1. The van der Waals surface area contributed by atoms with E-state index in [1.807, 2.05) is 12.1 Å². The second-order valence-corrected chi connectivity index (χ2v) is 5.21. The van der Waals surface area contributed by atoms with E-state index in [0.29, 0.717) is 0 Å². The lowest BCUT2D eigenvalue weighted by Crippen LogP contribution is -2.04. The highest BCUT2D eigenvalue weighted by molar-refractivity contribution is 5.88. The van der Waals surface area contributed by atoms with Crippen LogP contribution >= 0.6 is 0 Å². The van der Waals surface area contributed by atoms with Crippen LogP contribution in [0.3, 0.4) is 0 Å². The van der Waals surface area contributed by atoms with Crippen molar-refractivity contribution in [3.05, 3.63) is 42.5 Å². The molecule has 0 aliphatic carbocycles. The van der Waals surface area contributed by atoms with Crippen molar-refractivity contribution >= 4 is 16.7 Å². The second-order valence-electron chi connectivity index (χ2n) is 5.21. The van der Waals surface area contributed by atoms with Gasteiger partial charge in [0, 0.05) is 42.2 Å². The van der Waals surface area contributed by atoms with E-state index in [2.05, 4.69) is 26.3 Å². The molecule has 0 aliphatic heterocycles. The van der Waals surface area contributed by atoms with Gasteiger partial charge in [-0.3, -0.25) is 4.98 Å². The Morgan fingerprint density at radius 2 is 2.04 bits per heavy atom. The number of aryl methyl sites for hydroxylation is 1. The van der Waals surface area contributed by atoms with Crippen molar-refractivity contribution in [2.24, 2.45) is 0 Å². The summed E-state index contributed by atoms with van der Waals surface area (Å²) < 4.78 is 10.7. The third kappa shape index (κ3) is 3.53. The molecule has 0 radical (unpaired) electrons. The van der Waals surface area contributed by atoms with Crippen molar-refractivity contribution in [2.75, 3.05) is 26.1 Å². The number of hydrogen-bond acceptors (Lipinski definition) is 5. The van der Waals surface area contributed by atoms with Crippen LogP contribution in [0.25, 0.3) is 10.9 Å². The average Bonchev–Trinajstić information content (AvgIpc) is 3.01. The third-order valence-corrected chi connectivity index (χ3v) is 3.68. The Bertz CT molecular complexity index is 771. The minimum Gasteiger partial charge on any atom is -0.497 e. The molecule has 0 fully saturated rings. The first kappa shape index (κ1) is 15.1. The van der Waals surface area contributed by atoms with Crippen LogP contribution in [-0.2, 0) is 6.42 Å². The van der Waals surface area contributed by atoms with Crippen LogP contribution < -0.4 is 14.8 Å². The fourth-order valence-electron chi connectivity index (χ4n) is 2.54. The summed E-state index contributed by atoms with van der Waals surface area (Å²) in [5, 5.41) is 4.33. The van der Waals surface area contributed by atoms with Gasteiger partial charge in [-0.15, -0.1) is 0 Å². The summed E-state index contributed by atoms with van der Waals surface area (Å²) in [7, 11) is 3.33. The second kappa shape index (κ2) is 7.00. The maximum absolute atomic E-state index is 5.44. The molecule has 6 nitrogen and oxygen atoms in total. The highest BCUT2D eigenvalue weighted by Crippen LogP contribution is 2.31. The number of fused-ring (bicyclic) bond motifs is 1. The summed E-state index contributed by atoms with van der Waals surface area (Å²) in [6.07, 6.45) is 6.99. The lowest BCUT2D eigenvalue weighted by atomic mass is 10.2. The standard InChI is InChI=1S/C17H20N4O2/c1-22-13-9-15-14(16(10-13)23-2)8-12(21-15)4-3-5-19-17-11-18-6-7-20-17/h6-11,21H,3-5H2,1-2H3,(H,19,20). The topological polar surface area (TPSA) is 72.1 Å². The van der Waals surface area contributed by atoms with Gasteiger partial charge in [0.15, 0.2) is 0 Å². The molecule has 2 aromatic heterocycles. The molecular weight excluding hydrogens is 292 g/mol. The molecule has 0 aliphatic rings. The minimum absolute atomic E-state index is 0.784. The molecule has 2 heterocycles. The number of methoxy groups -OCH3 is 2. The van der Waals surface area contributed by atoms with Crippen LogP contribution in [0.2, 0.25) is 0 Å². The Kier molecular flexibility index (Phi) is 4.61. The van der Waals surface area contributed by atoms with Gasteiger partial charge in [0.25, 0.3) is 0 Å². The zero-order chi connectivity index (χ0) is 16.1. The van der Waals surface area contributed by atoms with Crippen molar-refractivity contribution in [3.8, 4) is 11.5 Å². The van der Waals surface area contributed by atoms with Crippen molar-refractivity contribution in [1.29, 1.82) is 0 Å². The molecule has 1 aromatic carbocycles. The third-order valence-electron chi connectivity index (χ3n) is 3.68. The molecule has 0 saturated heterocycles. The van der Waals surface area contributed by atoms with Gasteiger partial charge in [-0.1, -0.05) is 0 Å². The van der Waals surface area contributed by atoms with E-state index in [1.165, 1.54) is 5.69 Å². The van der Waals surface area contributed by atoms with Crippen LogP contribution in [0.5, 0.6) is 11.5 Å². The molecule has 2 N–H and O–H groups in total. The maximum Gasteiger partial charge on any atom is 0.144 e. The van der Waals surface area contributed by atoms with Gasteiger partial charge in [0.1, 0.15) is 17.3 Å². The SMILES string of the molecule is COc1cc(OC)c2cc(CCCNc3cnccn3)[nH]c2c1. The molecule has 0 atom stereocenters. The van der Waals surface area contributed by atoms with E-state index >= 15 is 0 Å². The van der Waals surface area contributed by atoms with Gasteiger partial charge in [-0.05, 0) is 18.9 Å². The van der Waals surface area contributed by atoms with E-state index in [-0.39, 0.29) is 0 Å². The highest BCUT2D eigenvalue weighted by atomic mass is 16.5. The van der Waals surface area contributed by atoms with E-state index in [0.717, 1.165) is 47.6 Å². The predicted octanol–water partition coefficient (Wildman–Crippen LogP) is 3.02. The van der Waals surface area contributed by atoms with E-state index in [9.17, 15) is 0 Å². The number of hydrogen-bond donors (Lipinski definition) is 2. The highest BCUT2D eigenvalue weighted by Gasteiger charge is 2.09. The number of ether oxygens (including phenoxy) is 2. The predicted molar refractivity (Wildman–Crippen MR) is 90.2 cm³/mol. The van der Waals surface area contributed by atoms with Gasteiger partial charge in [0.2, 0.25) is 0 Å². The van der Waals surface area contributed by atoms with Crippen LogP contribution in [0, 0.1) is 0 Å². The van der Waals surface area contributed by atoms with Gasteiger partial charge < -0.3 is 19.8 Å². The smallest absolute Gasteiger partial charge is 0.144 e. The van der Waals surface area contributed by atoms with Crippen molar-refractivity contribution in [3.63, 3.8) is 0 Å². The lowest BCUT2D eigenvalue weighted by Gasteiger charge is -2.04. The zero-order valence-electron chi connectivity index (χ0n) is 13.3. The van der Waals surface area contributed by atoms with Crippen LogP contribution in [0.1, 0.15) is 12.1 Å².